The molecule has 2 aromatic rings. The molecule has 2 N–H and O–H groups in total. The molecule has 5 heteroatoms. The molecule has 0 amide bonds. The number of nitrogens with two attached hydrogens (primary N) is 1. The number of hydrogen-bond donors (Lipinski definition) is 1. The molecular weight excluding hydrogens is 237 g/mol. The number of nitrogens with zero attached hydrogens (tertiary/aromatic N) is 2. The lowest BCUT2D eigenvalue weighted by Crippen LogP contribution is -1.92. The molecule has 1 heterocycles. The van der Waals surface area contributed by atoms with E-state index in [9.17, 15) is 4.39 Å². The lowest BCUT2D eigenvalue weighted by atomic mass is 10.3. The molecule has 0 saturated heterocycles. The minimum Gasteiger partial charge on any atom is -0.399 e. The fourth-order valence-corrected chi connectivity index (χ4v) is 2.39. The van der Waals surface area contributed by atoms with Crippen LogP contribution in [0.1, 0.15) is 12.5 Å². The lowest BCUT2D eigenvalue weighted by molar-refractivity contribution is 0.625. The van der Waals surface area contributed by atoms with Crippen molar-refractivity contribution in [3.8, 4) is 0 Å². The van der Waals surface area contributed by atoms with Crippen LogP contribution < -0.4 is 5.73 Å². The summed E-state index contributed by atoms with van der Waals surface area (Å²) in [5, 5.41) is 4.19. The van der Waals surface area contributed by atoms with Gasteiger partial charge in [-0.1, -0.05) is 0 Å². The third-order valence-electron chi connectivity index (χ3n) is 2.31. The SMILES string of the molecule is CCn1cc(CSc2cc(N)cc(F)c2)cn1. The van der Waals surface area contributed by atoms with Gasteiger partial charge in [0.2, 0.25) is 0 Å². The minimum atomic E-state index is -0.295. The van der Waals surface area contributed by atoms with Crippen molar-refractivity contribution in [2.24, 2.45) is 0 Å². The summed E-state index contributed by atoms with van der Waals surface area (Å²) >= 11 is 1.55. The minimum absolute atomic E-state index is 0.295. The number of rotatable bonds is 4. The summed E-state index contributed by atoms with van der Waals surface area (Å²) in [5.74, 6) is 0.472. The molecule has 0 radical (unpaired) electrons. The largest absolute Gasteiger partial charge is 0.399 e. The quantitative estimate of drug-likeness (QED) is 0.671. The Kier molecular flexibility index (Phi) is 3.68. The molecule has 0 aliphatic rings. The molecule has 0 bridgehead atoms. The van der Waals surface area contributed by atoms with E-state index in [0.29, 0.717) is 5.69 Å². The van der Waals surface area contributed by atoms with E-state index in [1.165, 1.54) is 12.1 Å². The second kappa shape index (κ2) is 5.23. The first-order chi connectivity index (χ1) is 8.17. The van der Waals surface area contributed by atoms with Gasteiger partial charge in [0.25, 0.3) is 0 Å². The highest BCUT2D eigenvalue weighted by Crippen LogP contribution is 2.25. The van der Waals surface area contributed by atoms with Crippen LogP contribution in [0.4, 0.5) is 10.1 Å². The maximum atomic E-state index is 13.1. The van der Waals surface area contributed by atoms with Crippen molar-refractivity contribution in [2.75, 3.05) is 5.73 Å². The molecule has 0 fully saturated rings. The first-order valence-corrected chi connectivity index (χ1v) is 6.36. The predicted octanol–water partition coefficient (Wildman–Crippen LogP) is 2.92. The maximum Gasteiger partial charge on any atom is 0.126 e. The molecule has 2 rings (SSSR count). The highest BCUT2D eigenvalue weighted by molar-refractivity contribution is 7.98. The zero-order valence-corrected chi connectivity index (χ0v) is 10.4. The standard InChI is InChI=1S/C12H14FN3S/c1-2-16-7-9(6-15-16)8-17-12-4-10(13)3-11(14)5-12/h3-7H,2,8,14H2,1H3. The van der Waals surface area contributed by atoms with E-state index in [1.54, 1.807) is 17.8 Å². The second-order valence-electron chi connectivity index (χ2n) is 3.71. The van der Waals surface area contributed by atoms with Crippen molar-refractivity contribution < 1.29 is 4.39 Å². The van der Waals surface area contributed by atoms with Crippen molar-refractivity contribution in [1.29, 1.82) is 0 Å². The number of thioether (sulfide) groups is 1. The normalized spacial score (nSPS) is 10.7. The fraction of sp³-hybridized carbons (Fsp3) is 0.250. The van der Waals surface area contributed by atoms with Crippen LogP contribution in [0.2, 0.25) is 0 Å². The summed E-state index contributed by atoms with van der Waals surface area (Å²) in [6, 6.07) is 4.59. The maximum absolute atomic E-state index is 13.1. The van der Waals surface area contributed by atoms with E-state index in [1.807, 2.05) is 24.0 Å². The Labute approximate surface area is 104 Å². The first-order valence-electron chi connectivity index (χ1n) is 5.37. The topological polar surface area (TPSA) is 43.8 Å². The van der Waals surface area contributed by atoms with E-state index in [-0.39, 0.29) is 5.82 Å². The monoisotopic (exact) mass is 251 g/mol. The smallest absolute Gasteiger partial charge is 0.126 e. The third kappa shape index (κ3) is 3.23. The summed E-state index contributed by atoms with van der Waals surface area (Å²) in [7, 11) is 0. The van der Waals surface area contributed by atoms with Gasteiger partial charge in [-0.05, 0) is 25.1 Å². The van der Waals surface area contributed by atoms with Crippen molar-refractivity contribution in [3.05, 3.63) is 42.0 Å². The van der Waals surface area contributed by atoms with Gasteiger partial charge in [0, 0.05) is 34.6 Å². The molecule has 0 aliphatic heterocycles. The summed E-state index contributed by atoms with van der Waals surface area (Å²) in [6.07, 6.45) is 3.83. The molecule has 3 nitrogen and oxygen atoms in total. The lowest BCUT2D eigenvalue weighted by Gasteiger charge is -2.01. The van der Waals surface area contributed by atoms with E-state index in [2.05, 4.69) is 5.10 Å². The van der Waals surface area contributed by atoms with Gasteiger partial charge in [-0.3, -0.25) is 4.68 Å². The van der Waals surface area contributed by atoms with Crippen LogP contribution in [0.25, 0.3) is 0 Å². The second-order valence-corrected chi connectivity index (χ2v) is 4.76. The highest BCUT2D eigenvalue weighted by atomic mass is 32.2. The molecule has 1 aromatic heterocycles. The van der Waals surface area contributed by atoms with Crippen LogP contribution in [0.5, 0.6) is 0 Å². The first kappa shape index (κ1) is 12.0. The average Bonchev–Trinajstić information content (AvgIpc) is 2.73. The number of aryl methyl sites for hydroxylation is 1. The van der Waals surface area contributed by atoms with Gasteiger partial charge < -0.3 is 5.73 Å². The molecule has 0 aliphatic carbocycles. The van der Waals surface area contributed by atoms with E-state index in [0.717, 1.165) is 22.8 Å². The van der Waals surface area contributed by atoms with Crippen molar-refractivity contribution in [1.82, 2.24) is 9.78 Å². The number of halogens is 1. The molecule has 0 unspecified atom stereocenters. The van der Waals surface area contributed by atoms with Crippen LogP contribution in [0.15, 0.2) is 35.5 Å². The van der Waals surface area contributed by atoms with Gasteiger partial charge in [-0.15, -0.1) is 11.8 Å². The Morgan fingerprint density at radius 3 is 2.88 bits per heavy atom. The Hall–Kier alpha value is -1.49. The third-order valence-corrected chi connectivity index (χ3v) is 3.36. The predicted molar refractivity (Wildman–Crippen MR) is 68.3 cm³/mol. The summed E-state index contributed by atoms with van der Waals surface area (Å²) < 4.78 is 15.0. The van der Waals surface area contributed by atoms with Gasteiger partial charge in [-0.2, -0.15) is 5.10 Å². The van der Waals surface area contributed by atoms with E-state index >= 15 is 0 Å². The van der Waals surface area contributed by atoms with Gasteiger partial charge in [0.1, 0.15) is 5.82 Å². The van der Waals surface area contributed by atoms with Crippen LogP contribution in [-0.2, 0) is 12.3 Å². The zero-order chi connectivity index (χ0) is 12.3. The summed E-state index contributed by atoms with van der Waals surface area (Å²) in [4.78, 5) is 0.840. The highest BCUT2D eigenvalue weighted by Gasteiger charge is 2.02. The molecule has 90 valence electrons. The van der Waals surface area contributed by atoms with Crippen LogP contribution >= 0.6 is 11.8 Å². The Morgan fingerprint density at radius 1 is 1.41 bits per heavy atom. The molecule has 17 heavy (non-hydrogen) atoms. The number of benzene rings is 1. The van der Waals surface area contributed by atoms with Gasteiger partial charge in [0.05, 0.1) is 6.20 Å². The van der Waals surface area contributed by atoms with Crippen molar-refractivity contribution in [2.45, 2.75) is 24.1 Å². The van der Waals surface area contributed by atoms with Crippen molar-refractivity contribution in [3.63, 3.8) is 0 Å². The molecular formula is C12H14FN3S. The number of aromatic nitrogens is 2. The van der Waals surface area contributed by atoms with Crippen LogP contribution in [0.3, 0.4) is 0 Å². The molecule has 1 aromatic carbocycles. The van der Waals surface area contributed by atoms with E-state index < -0.39 is 0 Å². The number of anilines is 1. The van der Waals surface area contributed by atoms with E-state index in [4.69, 9.17) is 5.73 Å². The number of hydrogen-bond acceptors (Lipinski definition) is 3. The Balaban J connectivity index is 2.01. The van der Waals surface area contributed by atoms with Gasteiger partial charge in [0.15, 0.2) is 0 Å². The van der Waals surface area contributed by atoms with Crippen LogP contribution in [-0.4, -0.2) is 9.78 Å². The summed E-state index contributed by atoms with van der Waals surface area (Å²) in [6.45, 7) is 2.90. The van der Waals surface area contributed by atoms with Crippen LogP contribution in [0, 0.1) is 5.82 Å². The van der Waals surface area contributed by atoms with Gasteiger partial charge in [-0.25, -0.2) is 4.39 Å². The Bertz CT molecular complexity index is 490. The Morgan fingerprint density at radius 2 is 2.24 bits per heavy atom. The average molecular weight is 251 g/mol. The van der Waals surface area contributed by atoms with Gasteiger partial charge >= 0.3 is 0 Å². The van der Waals surface area contributed by atoms with Crippen molar-refractivity contribution >= 4 is 17.4 Å². The summed E-state index contributed by atoms with van der Waals surface area (Å²) in [5.41, 5.74) is 7.16. The fourth-order valence-electron chi connectivity index (χ4n) is 1.49. The molecule has 0 saturated carbocycles. The molecule has 0 atom stereocenters. The zero-order valence-electron chi connectivity index (χ0n) is 9.56. The number of nitrogen functional groups attached to an aromatic ring is 1. The molecule has 0 spiro atoms.